The van der Waals surface area contributed by atoms with Crippen LogP contribution >= 0.6 is 0 Å². The van der Waals surface area contributed by atoms with Crippen LogP contribution in [0, 0.1) is 11.6 Å². The molecule has 0 saturated carbocycles. The molecular weight excluding hydrogens is 314 g/mol. The van der Waals surface area contributed by atoms with E-state index >= 15 is 0 Å². The lowest BCUT2D eigenvalue weighted by molar-refractivity contribution is 0.0669. The normalized spacial score (nSPS) is 17.2. The van der Waals surface area contributed by atoms with E-state index in [1.165, 1.54) is 0 Å². The van der Waals surface area contributed by atoms with Gasteiger partial charge in [-0.05, 0) is 39.2 Å². The molecule has 0 radical (unpaired) electrons. The lowest BCUT2D eigenvalue weighted by atomic mass is 10.1. The lowest BCUT2D eigenvalue weighted by Gasteiger charge is -2.35. The number of carbonyl (C=O) groups is 1. The van der Waals surface area contributed by atoms with E-state index in [-0.39, 0.29) is 17.5 Å². The van der Waals surface area contributed by atoms with Gasteiger partial charge < -0.3 is 14.4 Å². The van der Waals surface area contributed by atoms with Crippen molar-refractivity contribution in [2.75, 3.05) is 27.2 Å². The first-order valence-electron chi connectivity index (χ1n) is 7.85. The molecule has 5 nitrogen and oxygen atoms in total. The summed E-state index contributed by atoms with van der Waals surface area (Å²) in [6, 6.07) is 3.02. The van der Waals surface area contributed by atoms with Crippen molar-refractivity contribution in [1.29, 1.82) is 0 Å². The number of fused-ring (bicyclic) bond motifs is 1. The number of imidazole rings is 1. The van der Waals surface area contributed by atoms with Crippen LogP contribution in [-0.2, 0) is 6.54 Å². The molecule has 3 rings (SSSR count). The fourth-order valence-electron chi connectivity index (χ4n) is 3.04. The maximum atomic E-state index is 13.4. The van der Waals surface area contributed by atoms with Crippen molar-refractivity contribution in [2.45, 2.75) is 19.0 Å². The molecule has 1 atom stereocenters. The summed E-state index contributed by atoms with van der Waals surface area (Å²) >= 11 is 0. The van der Waals surface area contributed by atoms with Gasteiger partial charge in [0.15, 0.2) is 0 Å². The van der Waals surface area contributed by atoms with Gasteiger partial charge in [-0.2, -0.15) is 0 Å². The Morgan fingerprint density at radius 3 is 2.67 bits per heavy atom. The van der Waals surface area contributed by atoms with Gasteiger partial charge in [0.05, 0.1) is 24.6 Å². The number of carbonyl (C=O) groups excluding carboxylic acids is 1. The molecule has 0 spiro atoms. The minimum absolute atomic E-state index is 0.0341. The van der Waals surface area contributed by atoms with Crippen molar-refractivity contribution in [3.05, 3.63) is 53.6 Å². The first-order valence-corrected chi connectivity index (χ1v) is 7.85. The molecule has 0 unspecified atom stereocenters. The number of nitrogens with zero attached hydrogens (tertiary/aromatic N) is 4. The summed E-state index contributed by atoms with van der Waals surface area (Å²) in [5, 5.41) is 0. The Morgan fingerprint density at radius 1 is 1.29 bits per heavy atom. The molecule has 1 aromatic carbocycles. The number of hydrogen-bond donors (Lipinski definition) is 0. The van der Waals surface area contributed by atoms with Gasteiger partial charge in [0.1, 0.15) is 11.6 Å². The predicted octanol–water partition coefficient (Wildman–Crippen LogP) is 2.31. The Morgan fingerprint density at radius 2 is 2.00 bits per heavy atom. The van der Waals surface area contributed by atoms with E-state index in [9.17, 15) is 13.6 Å². The van der Waals surface area contributed by atoms with Gasteiger partial charge in [-0.25, -0.2) is 13.8 Å². The van der Waals surface area contributed by atoms with E-state index in [4.69, 9.17) is 0 Å². The van der Waals surface area contributed by atoms with Crippen molar-refractivity contribution < 1.29 is 13.6 Å². The molecular formula is C17H20F2N4O. The van der Waals surface area contributed by atoms with E-state index in [0.29, 0.717) is 13.1 Å². The molecule has 2 aromatic rings. The van der Waals surface area contributed by atoms with E-state index in [1.807, 2.05) is 14.1 Å². The second kappa shape index (κ2) is 6.68. The monoisotopic (exact) mass is 334 g/mol. The van der Waals surface area contributed by atoms with Gasteiger partial charge in [-0.15, -0.1) is 0 Å². The van der Waals surface area contributed by atoms with Gasteiger partial charge in [-0.1, -0.05) is 0 Å². The number of rotatable bonds is 4. The fourth-order valence-corrected chi connectivity index (χ4v) is 3.04. The van der Waals surface area contributed by atoms with Gasteiger partial charge in [0.25, 0.3) is 5.91 Å². The molecule has 0 bridgehead atoms. The molecule has 1 aliphatic heterocycles. The zero-order chi connectivity index (χ0) is 17.3. The number of halogens is 2. The molecule has 128 valence electrons. The third-order valence-electron chi connectivity index (χ3n) is 4.23. The number of amides is 1. The molecule has 1 amide bonds. The fraction of sp³-hybridized carbons (Fsp3) is 0.412. The van der Waals surface area contributed by atoms with Gasteiger partial charge in [0.2, 0.25) is 0 Å². The first kappa shape index (κ1) is 16.6. The van der Waals surface area contributed by atoms with Crippen LogP contribution in [-0.4, -0.2) is 52.4 Å². The summed E-state index contributed by atoms with van der Waals surface area (Å²) in [6.45, 7) is 1.75. The Labute approximate surface area is 139 Å². The van der Waals surface area contributed by atoms with Crippen LogP contribution in [0.2, 0.25) is 0 Å². The summed E-state index contributed by atoms with van der Waals surface area (Å²) < 4.78 is 28.9. The average molecular weight is 334 g/mol. The lowest BCUT2D eigenvalue weighted by Crippen LogP contribution is -2.41. The van der Waals surface area contributed by atoms with Crippen LogP contribution < -0.4 is 0 Å². The van der Waals surface area contributed by atoms with E-state index in [0.717, 1.165) is 36.9 Å². The molecule has 0 fully saturated rings. The van der Waals surface area contributed by atoms with Crippen LogP contribution in [0.15, 0.2) is 30.7 Å². The number of aromatic nitrogens is 2. The Bertz CT molecular complexity index is 724. The molecule has 1 aliphatic rings. The highest BCUT2D eigenvalue weighted by atomic mass is 19.1. The minimum Gasteiger partial charge on any atom is -0.331 e. The summed E-state index contributed by atoms with van der Waals surface area (Å²) in [4.78, 5) is 20.6. The van der Waals surface area contributed by atoms with Crippen LogP contribution in [0.4, 0.5) is 8.78 Å². The van der Waals surface area contributed by atoms with Gasteiger partial charge >= 0.3 is 0 Å². The Kier molecular flexibility index (Phi) is 4.62. The van der Waals surface area contributed by atoms with E-state index in [1.54, 1.807) is 17.4 Å². The highest BCUT2D eigenvalue weighted by Gasteiger charge is 2.28. The second-order valence-electron chi connectivity index (χ2n) is 6.38. The Hall–Kier alpha value is -2.28. The van der Waals surface area contributed by atoms with Crippen molar-refractivity contribution in [2.24, 2.45) is 0 Å². The zero-order valence-electron chi connectivity index (χ0n) is 13.7. The maximum Gasteiger partial charge on any atom is 0.254 e. The van der Waals surface area contributed by atoms with Crippen molar-refractivity contribution in [1.82, 2.24) is 19.4 Å². The SMILES string of the molecule is CN(C)CC[C@H]1CN(C(=O)c2cc(F)cc(F)c2)Cc2cncn21. The van der Waals surface area contributed by atoms with Crippen LogP contribution in [0.3, 0.4) is 0 Å². The van der Waals surface area contributed by atoms with Gasteiger partial charge in [0, 0.05) is 24.4 Å². The standard InChI is InChI=1S/C17H20F2N4O/c1-21(2)4-3-15-9-22(10-16-8-20-11-23(15)16)17(24)12-5-13(18)7-14(19)6-12/h5-8,11,15H,3-4,9-10H2,1-2H3/t15-/m0/s1. The molecule has 0 saturated heterocycles. The number of hydrogen-bond acceptors (Lipinski definition) is 3. The summed E-state index contributed by atoms with van der Waals surface area (Å²) in [7, 11) is 3.99. The minimum atomic E-state index is -0.746. The van der Waals surface area contributed by atoms with Crippen molar-refractivity contribution in [3.8, 4) is 0 Å². The van der Waals surface area contributed by atoms with Crippen molar-refractivity contribution >= 4 is 5.91 Å². The highest BCUT2D eigenvalue weighted by Crippen LogP contribution is 2.25. The summed E-state index contributed by atoms with van der Waals surface area (Å²) in [5.74, 6) is -1.86. The van der Waals surface area contributed by atoms with E-state index < -0.39 is 11.6 Å². The maximum absolute atomic E-state index is 13.4. The molecule has 24 heavy (non-hydrogen) atoms. The molecule has 7 heteroatoms. The summed E-state index contributed by atoms with van der Waals surface area (Å²) in [5.41, 5.74) is 0.960. The second-order valence-corrected chi connectivity index (χ2v) is 6.38. The quantitative estimate of drug-likeness (QED) is 0.862. The molecule has 1 aromatic heterocycles. The number of benzene rings is 1. The third-order valence-corrected chi connectivity index (χ3v) is 4.23. The molecule has 0 N–H and O–H groups in total. The van der Waals surface area contributed by atoms with E-state index in [2.05, 4.69) is 14.5 Å². The van der Waals surface area contributed by atoms with Crippen molar-refractivity contribution in [3.63, 3.8) is 0 Å². The average Bonchev–Trinajstić information content (AvgIpc) is 2.99. The highest BCUT2D eigenvalue weighted by molar-refractivity contribution is 5.94. The van der Waals surface area contributed by atoms with Crippen LogP contribution in [0.25, 0.3) is 0 Å². The smallest absolute Gasteiger partial charge is 0.254 e. The molecule has 0 aliphatic carbocycles. The first-order chi connectivity index (χ1) is 11.4. The third kappa shape index (κ3) is 3.46. The van der Waals surface area contributed by atoms with Gasteiger partial charge in [-0.3, -0.25) is 4.79 Å². The largest absolute Gasteiger partial charge is 0.331 e. The predicted molar refractivity (Wildman–Crippen MR) is 85.5 cm³/mol. The zero-order valence-corrected chi connectivity index (χ0v) is 13.7. The Balaban J connectivity index is 1.83. The summed E-state index contributed by atoms with van der Waals surface area (Å²) in [6.07, 6.45) is 4.37. The topological polar surface area (TPSA) is 41.4 Å². The molecule has 2 heterocycles. The van der Waals surface area contributed by atoms with Crippen LogP contribution in [0.1, 0.15) is 28.5 Å². The van der Waals surface area contributed by atoms with Crippen LogP contribution in [0.5, 0.6) is 0 Å².